The van der Waals surface area contributed by atoms with Crippen molar-refractivity contribution in [2.24, 2.45) is 0 Å². The molecule has 0 aromatic heterocycles. The fourth-order valence-electron chi connectivity index (χ4n) is 9.06. The van der Waals surface area contributed by atoms with Gasteiger partial charge in [0.1, 0.15) is 0 Å². The van der Waals surface area contributed by atoms with E-state index in [0.717, 1.165) is 17.1 Å². The molecule has 0 radical (unpaired) electrons. The molecule has 0 bridgehead atoms. The predicted molar refractivity (Wildman–Crippen MR) is 230 cm³/mol. The van der Waals surface area contributed by atoms with Gasteiger partial charge >= 0.3 is 0 Å². The maximum Gasteiger partial charge on any atom is 0.0546 e. The first-order valence-corrected chi connectivity index (χ1v) is 18.9. The number of rotatable bonds is 6. The first kappa shape index (κ1) is 32.0. The van der Waals surface area contributed by atoms with Crippen LogP contribution in [0.15, 0.2) is 200 Å². The fraction of sp³-hybridized carbons (Fsp3) is 0.0566. The Labute approximate surface area is 317 Å². The monoisotopic (exact) mass is 689 g/mol. The van der Waals surface area contributed by atoms with Crippen LogP contribution in [0, 0.1) is 0 Å². The van der Waals surface area contributed by atoms with E-state index in [1.54, 1.807) is 0 Å². The molecule has 1 aliphatic carbocycles. The molecule has 9 aromatic rings. The lowest BCUT2D eigenvalue weighted by atomic mass is 9.77. The van der Waals surface area contributed by atoms with Gasteiger partial charge in [0.05, 0.1) is 17.1 Å². The summed E-state index contributed by atoms with van der Waals surface area (Å²) < 4.78 is 0. The third-order valence-electron chi connectivity index (χ3n) is 11.5. The van der Waals surface area contributed by atoms with E-state index >= 15 is 0 Å². The number of hydrogen-bond donors (Lipinski definition) is 0. The molecule has 0 heterocycles. The van der Waals surface area contributed by atoms with Crippen LogP contribution in [0.1, 0.15) is 25.0 Å². The van der Waals surface area contributed by atoms with E-state index in [0.29, 0.717) is 0 Å². The summed E-state index contributed by atoms with van der Waals surface area (Å²) in [6.45, 7) is 4.79. The van der Waals surface area contributed by atoms with Crippen LogP contribution < -0.4 is 4.90 Å². The molecular weight excluding hydrogens is 651 g/mol. The maximum atomic E-state index is 2.54. The second-order valence-electron chi connectivity index (χ2n) is 14.8. The van der Waals surface area contributed by atoms with E-state index in [4.69, 9.17) is 0 Å². The Kier molecular flexibility index (Phi) is 7.56. The molecule has 256 valence electrons. The van der Waals surface area contributed by atoms with Gasteiger partial charge in [0.2, 0.25) is 0 Å². The SMILES string of the molecule is CC1(C)c2ccccc2-c2cccc(-c3c(-c4ccccc4)cccc3N(c3cccc4ccccc34)c3ccc(-c4ccccc4)c4ccccc34)c21. The highest BCUT2D eigenvalue weighted by Gasteiger charge is 2.38. The highest BCUT2D eigenvalue weighted by molar-refractivity contribution is 6.11. The quantitative estimate of drug-likeness (QED) is 0.168. The summed E-state index contributed by atoms with van der Waals surface area (Å²) in [6, 6.07) is 73.4. The summed E-state index contributed by atoms with van der Waals surface area (Å²) in [5.41, 5.74) is 16.0. The molecule has 54 heavy (non-hydrogen) atoms. The third-order valence-corrected chi connectivity index (χ3v) is 11.5. The van der Waals surface area contributed by atoms with Crippen molar-refractivity contribution in [1.29, 1.82) is 0 Å². The van der Waals surface area contributed by atoms with Gasteiger partial charge in [0, 0.05) is 21.8 Å². The van der Waals surface area contributed by atoms with Crippen molar-refractivity contribution < 1.29 is 0 Å². The van der Waals surface area contributed by atoms with Crippen LogP contribution in [0.5, 0.6) is 0 Å². The molecule has 0 amide bonds. The maximum absolute atomic E-state index is 2.54. The Morgan fingerprint density at radius 1 is 0.333 bits per heavy atom. The topological polar surface area (TPSA) is 3.24 Å². The van der Waals surface area contributed by atoms with Crippen LogP contribution in [-0.4, -0.2) is 0 Å². The van der Waals surface area contributed by atoms with Crippen LogP contribution in [-0.2, 0) is 5.41 Å². The Bertz CT molecular complexity index is 2840. The van der Waals surface area contributed by atoms with Crippen molar-refractivity contribution >= 4 is 38.6 Å². The normalized spacial score (nSPS) is 12.8. The molecule has 0 saturated heterocycles. The number of fused-ring (bicyclic) bond motifs is 5. The summed E-state index contributed by atoms with van der Waals surface area (Å²) in [6.07, 6.45) is 0. The van der Waals surface area contributed by atoms with E-state index in [1.807, 2.05) is 0 Å². The van der Waals surface area contributed by atoms with E-state index in [1.165, 1.54) is 77.2 Å². The summed E-state index contributed by atoms with van der Waals surface area (Å²) in [4.78, 5) is 2.54. The Hall–Kier alpha value is -6.70. The van der Waals surface area contributed by atoms with Gasteiger partial charge < -0.3 is 4.90 Å². The average molecular weight is 690 g/mol. The van der Waals surface area contributed by atoms with Gasteiger partial charge in [-0.15, -0.1) is 0 Å². The van der Waals surface area contributed by atoms with Crippen LogP contribution >= 0.6 is 0 Å². The van der Waals surface area contributed by atoms with Crippen molar-refractivity contribution in [3.63, 3.8) is 0 Å². The predicted octanol–water partition coefficient (Wildman–Crippen LogP) is 14.8. The Balaban J connectivity index is 1.34. The molecule has 0 saturated carbocycles. The van der Waals surface area contributed by atoms with Crippen LogP contribution in [0.2, 0.25) is 0 Å². The molecule has 1 nitrogen and oxygen atoms in total. The third kappa shape index (κ3) is 5.00. The van der Waals surface area contributed by atoms with Crippen LogP contribution in [0.3, 0.4) is 0 Å². The Morgan fingerprint density at radius 2 is 0.852 bits per heavy atom. The minimum atomic E-state index is -0.197. The molecule has 0 fully saturated rings. The summed E-state index contributed by atoms with van der Waals surface area (Å²) in [5, 5.41) is 4.85. The van der Waals surface area contributed by atoms with Crippen molar-refractivity contribution in [1.82, 2.24) is 0 Å². The molecule has 0 aliphatic heterocycles. The zero-order valence-electron chi connectivity index (χ0n) is 30.5. The second-order valence-corrected chi connectivity index (χ2v) is 14.8. The largest absolute Gasteiger partial charge is 0.309 e. The molecule has 0 atom stereocenters. The zero-order chi connectivity index (χ0) is 36.2. The molecule has 10 rings (SSSR count). The van der Waals surface area contributed by atoms with Crippen molar-refractivity contribution in [3.05, 3.63) is 211 Å². The molecule has 0 N–H and O–H groups in total. The number of benzene rings is 9. The highest BCUT2D eigenvalue weighted by atomic mass is 15.1. The minimum Gasteiger partial charge on any atom is -0.309 e. The number of anilines is 3. The first-order valence-electron chi connectivity index (χ1n) is 18.9. The minimum absolute atomic E-state index is 0.197. The van der Waals surface area contributed by atoms with Gasteiger partial charge in [-0.05, 0) is 79.0 Å². The zero-order valence-corrected chi connectivity index (χ0v) is 30.5. The van der Waals surface area contributed by atoms with Crippen molar-refractivity contribution in [2.45, 2.75) is 19.3 Å². The molecule has 1 aliphatic rings. The van der Waals surface area contributed by atoms with E-state index in [-0.39, 0.29) is 5.41 Å². The van der Waals surface area contributed by atoms with E-state index in [2.05, 4.69) is 219 Å². The Morgan fingerprint density at radius 3 is 1.65 bits per heavy atom. The van der Waals surface area contributed by atoms with Gasteiger partial charge in [0.15, 0.2) is 0 Å². The van der Waals surface area contributed by atoms with E-state index < -0.39 is 0 Å². The van der Waals surface area contributed by atoms with E-state index in [9.17, 15) is 0 Å². The fourth-order valence-corrected chi connectivity index (χ4v) is 9.06. The molecule has 9 aromatic carbocycles. The second kappa shape index (κ2) is 12.8. The lowest BCUT2D eigenvalue weighted by molar-refractivity contribution is 0.662. The smallest absolute Gasteiger partial charge is 0.0546 e. The van der Waals surface area contributed by atoms with Crippen LogP contribution in [0.25, 0.3) is 66.1 Å². The lowest BCUT2D eigenvalue weighted by Crippen LogP contribution is -2.17. The molecule has 0 spiro atoms. The van der Waals surface area contributed by atoms with Gasteiger partial charge in [-0.2, -0.15) is 0 Å². The van der Waals surface area contributed by atoms with Gasteiger partial charge in [-0.1, -0.05) is 196 Å². The van der Waals surface area contributed by atoms with Gasteiger partial charge in [-0.3, -0.25) is 0 Å². The molecular formula is C53H39N. The molecule has 1 heteroatoms. The average Bonchev–Trinajstić information content (AvgIpc) is 3.47. The number of nitrogens with zero attached hydrogens (tertiary/aromatic N) is 1. The summed E-state index contributed by atoms with van der Waals surface area (Å²) >= 11 is 0. The highest BCUT2D eigenvalue weighted by Crippen LogP contribution is 2.56. The van der Waals surface area contributed by atoms with Gasteiger partial charge in [0.25, 0.3) is 0 Å². The van der Waals surface area contributed by atoms with Crippen molar-refractivity contribution in [2.75, 3.05) is 4.90 Å². The van der Waals surface area contributed by atoms with Crippen molar-refractivity contribution in [3.8, 4) is 44.5 Å². The summed E-state index contributed by atoms with van der Waals surface area (Å²) in [5.74, 6) is 0. The van der Waals surface area contributed by atoms with Crippen LogP contribution in [0.4, 0.5) is 17.1 Å². The first-order chi connectivity index (χ1) is 26.6. The number of hydrogen-bond acceptors (Lipinski definition) is 1. The lowest BCUT2D eigenvalue weighted by Gasteiger charge is -2.33. The van der Waals surface area contributed by atoms with Gasteiger partial charge in [-0.25, -0.2) is 0 Å². The summed E-state index contributed by atoms with van der Waals surface area (Å²) in [7, 11) is 0. The standard InChI is InChI=1S/C53H39N/c1-53(2)47-31-14-13-26-43(47)45-29-16-30-46(52(45)53)51-41(38-20-7-4-8-21-38)28-17-33-50(51)54(48-32-15-23-37-22-9-10-24-40(37)48)49-35-34-39(36-18-5-3-6-19-36)42-25-11-12-27-44(42)49/h3-35H,1-2H3. The molecule has 0 unspecified atom stereocenters.